The Labute approximate surface area is 120 Å². The molecule has 1 amide bonds. The van der Waals surface area contributed by atoms with Crippen molar-refractivity contribution in [3.05, 3.63) is 35.4 Å². The fourth-order valence-electron chi connectivity index (χ4n) is 3.68. The Morgan fingerprint density at radius 1 is 1.19 bits per heavy atom. The summed E-state index contributed by atoms with van der Waals surface area (Å²) < 4.78 is 27.5. The summed E-state index contributed by atoms with van der Waals surface area (Å²) in [5.41, 5.74) is -0.663. The van der Waals surface area contributed by atoms with Gasteiger partial charge in [-0.15, -0.1) is 0 Å². The number of hydrogen-bond donors (Lipinski definition) is 1. The quantitative estimate of drug-likeness (QED) is 0.910. The van der Waals surface area contributed by atoms with Gasteiger partial charge in [0.15, 0.2) is 0 Å². The van der Waals surface area contributed by atoms with Crippen molar-refractivity contribution in [2.45, 2.75) is 25.3 Å². The molecule has 3 unspecified atom stereocenters. The molecule has 1 aromatic carbocycles. The lowest BCUT2D eigenvalue weighted by Gasteiger charge is -2.24. The number of carboxylic acid groups (broad SMARTS) is 1. The minimum Gasteiger partial charge on any atom is -0.480 e. The maximum atomic E-state index is 13.7. The molecule has 1 saturated heterocycles. The number of amides is 1. The zero-order valence-corrected chi connectivity index (χ0v) is 11.3. The van der Waals surface area contributed by atoms with Crippen LogP contribution in [0.25, 0.3) is 0 Å². The first-order valence-electron chi connectivity index (χ1n) is 6.98. The minimum atomic E-state index is -1.10. The molecule has 1 aromatic rings. The fraction of sp³-hybridized carbons (Fsp3) is 0.467. The average molecular weight is 295 g/mol. The van der Waals surface area contributed by atoms with Gasteiger partial charge in [-0.25, -0.2) is 13.6 Å². The second-order valence-corrected chi connectivity index (χ2v) is 5.69. The van der Waals surface area contributed by atoms with Crippen LogP contribution in [0.4, 0.5) is 8.78 Å². The highest BCUT2D eigenvalue weighted by atomic mass is 19.1. The molecule has 1 heterocycles. The van der Waals surface area contributed by atoms with Crippen LogP contribution in [0, 0.1) is 23.5 Å². The second-order valence-electron chi connectivity index (χ2n) is 5.69. The van der Waals surface area contributed by atoms with Gasteiger partial charge in [0, 0.05) is 6.54 Å². The van der Waals surface area contributed by atoms with Gasteiger partial charge < -0.3 is 10.0 Å². The molecule has 1 saturated carbocycles. The molecule has 0 bridgehead atoms. The number of carboxylic acids is 1. The van der Waals surface area contributed by atoms with Gasteiger partial charge in [0.25, 0.3) is 5.91 Å². The Bertz CT molecular complexity index is 584. The van der Waals surface area contributed by atoms with Crippen LogP contribution in [-0.2, 0) is 4.79 Å². The molecule has 2 aliphatic rings. The van der Waals surface area contributed by atoms with E-state index in [9.17, 15) is 23.5 Å². The summed E-state index contributed by atoms with van der Waals surface area (Å²) in [5.74, 6) is -3.88. The van der Waals surface area contributed by atoms with Crippen LogP contribution in [0.2, 0.25) is 0 Å². The van der Waals surface area contributed by atoms with Crippen LogP contribution in [0.3, 0.4) is 0 Å². The van der Waals surface area contributed by atoms with E-state index in [-0.39, 0.29) is 18.4 Å². The molecule has 2 fully saturated rings. The Morgan fingerprint density at radius 3 is 2.48 bits per heavy atom. The van der Waals surface area contributed by atoms with Crippen molar-refractivity contribution >= 4 is 11.9 Å². The summed E-state index contributed by atoms with van der Waals surface area (Å²) in [4.78, 5) is 25.0. The van der Waals surface area contributed by atoms with Crippen LogP contribution >= 0.6 is 0 Å². The Balaban J connectivity index is 1.96. The third kappa shape index (κ3) is 2.18. The van der Waals surface area contributed by atoms with Crippen molar-refractivity contribution in [1.29, 1.82) is 0 Å². The normalized spacial score (nSPS) is 27.7. The molecule has 0 radical (unpaired) electrons. The first-order valence-corrected chi connectivity index (χ1v) is 6.98. The van der Waals surface area contributed by atoms with Crippen molar-refractivity contribution in [1.82, 2.24) is 4.90 Å². The van der Waals surface area contributed by atoms with Gasteiger partial charge in [0.2, 0.25) is 0 Å². The first-order chi connectivity index (χ1) is 10.0. The second kappa shape index (κ2) is 5.09. The number of fused-ring (bicyclic) bond motifs is 1. The Hall–Kier alpha value is -1.98. The third-order valence-electron chi connectivity index (χ3n) is 4.58. The Kier molecular flexibility index (Phi) is 3.39. The summed E-state index contributed by atoms with van der Waals surface area (Å²) in [6, 6.07) is 2.20. The van der Waals surface area contributed by atoms with Gasteiger partial charge in [-0.3, -0.25) is 4.79 Å². The zero-order valence-electron chi connectivity index (χ0n) is 11.3. The van der Waals surface area contributed by atoms with E-state index < -0.39 is 35.1 Å². The van der Waals surface area contributed by atoms with Crippen molar-refractivity contribution in [2.75, 3.05) is 6.54 Å². The van der Waals surface area contributed by atoms with Crippen LogP contribution < -0.4 is 0 Å². The zero-order chi connectivity index (χ0) is 15.1. The molecular weight excluding hydrogens is 280 g/mol. The molecule has 3 atom stereocenters. The lowest BCUT2D eigenvalue weighted by molar-refractivity contribution is -0.142. The summed E-state index contributed by atoms with van der Waals surface area (Å²) >= 11 is 0. The van der Waals surface area contributed by atoms with Gasteiger partial charge >= 0.3 is 5.97 Å². The molecule has 0 spiro atoms. The Morgan fingerprint density at radius 2 is 1.86 bits per heavy atom. The van der Waals surface area contributed by atoms with Crippen LogP contribution in [-0.4, -0.2) is 34.5 Å². The fourth-order valence-corrected chi connectivity index (χ4v) is 3.68. The highest BCUT2D eigenvalue weighted by Gasteiger charge is 2.50. The number of likely N-dealkylation sites (tertiary alicyclic amines) is 1. The lowest BCUT2D eigenvalue weighted by Crippen LogP contribution is -2.43. The highest BCUT2D eigenvalue weighted by molar-refractivity contribution is 5.97. The number of nitrogens with zero attached hydrogens (tertiary/aromatic N) is 1. The van der Waals surface area contributed by atoms with Crippen molar-refractivity contribution in [3.8, 4) is 0 Å². The molecule has 1 N–H and O–H groups in total. The monoisotopic (exact) mass is 295 g/mol. The van der Waals surface area contributed by atoms with Gasteiger partial charge in [-0.05, 0) is 36.8 Å². The molecule has 6 heteroatoms. The number of carbonyl (C=O) groups excluding carboxylic acids is 1. The number of hydrogen-bond acceptors (Lipinski definition) is 2. The van der Waals surface area contributed by atoms with E-state index in [0.29, 0.717) is 0 Å². The van der Waals surface area contributed by atoms with Crippen molar-refractivity contribution in [2.24, 2.45) is 11.8 Å². The van der Waals surface area contributed by atoms with Crippen LogP contribution in [0.5, 0.6) is 0 Å². The minimum absolute atomic E-state index is 0.110. The largest absolute Gasteiger partial charge is 0.480 e. The topological polar surface area (TPSA) is 57.6 Å². The number of benzene rings is 1. The van der Waals surface area contributed by atoms with E-state index in [4.69, 9.17) is 0 Å². The van der Waals surface area contributed by atoms with Crippen molar-refractivity contribution in [3.63, 3.8) is 0 Å². The number of carbonyl (C=O) groups is 2. The van der Waals surface area contributed by atoms with E-state index in [0.717, 1.165) is 36.3 Å². The predicted octanol–water partition coefficient (Wildman–Crippen LogP) is 2.29. The van der Waals surface area contributed by atoms with E-state index in [1.54, 1.807) is 0 Å². The van der Waals surface area contributed by atoms with Gasteiger partial charge in [-0.1, -0.05) is 12.5 Å². The third-order valence-corrected chi connectivity index (χ3v) is 4.58. The number of halogens is 2. The summed E-state index contributed by atoms with van der Waals surface area (Å²) in [6.07, 6.45) is 2.54. The standard InChI is InChI=1S/C15H15F2NO3/c16-10-5-2-6-11(17)12(10)14(19)18-7-8-3-1-4-9(8)13(18)15(20)21/h2,5-6,8-9,13H,1,3-4,7H2,(H,20,21). The lowest BCUT2D eigenvalue weighted by atomic mass is 9.94. The van der Waals surface area contributed by atoms with Crippen LogP contribution in [0.15, 0.2) is 18.2 Å². The molecular formula is C15H15F2NO3. The molecule has 112 valence electrons. The summed E-state index contributed by atoms with van der Waals surface area (Å²) in [7, 11) is 0. The maximum Gasteiger partial charge on any atom is 0.326 e. The molecule has 0 aromatic heterocycles. The average Bonchev–Trinajstić information content (AvgIpc) is 2.97. The van der Waals surface area contributed by atoms with Crippen molar-refractivity contribution < 1.29 is 23.5 Å². The molecule has 21 heavy (non-hydrogen) atoms. The SMILES string of the molecule is O=C(O)C1C2CCCC2CN1C(=O)c1c(F)cccc1F. The molecule has 4 nitrogen and oxygen atoms in total. The molecule has 1 aliphatic carbocycles. The number of aliphatic carboxylic acids is 1. The van der Waals surface area contributed by atoms with E-state index >= 15 is 0 Å². The van der Waals surface area contributed by atoms with Gasteiger partial charge in [0.05, 0.1) is 0 Å². The summed E-state index contributed by atoms with van der Waals surface area (Å²) in [5, 5.41) is 9.38. The molecule has 1 aliphatic heterocycles. The molecule has 3 rings (SSSR count). The van der Waals surface area contributed by atoms with Gasteiger partial charge in [-0.2, -0.15) is 0 Å². The van der Waals surface area contributed by atoms with E-state index in [2.05, 4.69) is 0 Å². The first kappa shape index (κ1) is 14.0. The maximum absolute atomic E-state index is 13.7. The number of rotatable bonds is 2. The smallest absolute Gasteiger partial charge is 0.326 e. The van der Waals surface area contributed by atoms with Gasteiger partial charge in [0.1, 0.15) is 23.2 Å². The van der Waals surface area contributed by atoms with E-state index in [1.807, 2.05) is 0 Å². The summed E-state index contributed by atoms with van der Waals surface area (Å²) in [6.45, 7) is 0.258. The van der Waals surface area contributed by atoms with E-state index in [1.165, 1.54) is 6.07 Å². The highest BCUT2D eigenvalue weighted by Crippen LogP contribution is 2.42. The predicted molar refractivity (Wildman–Crippen MR) is 69.6 cm³/mol. The van der Waals surface area contributed by atoms with Crippen LogP contribution in [0.1, 0.15) is 29.6 Å².